The Bertz CT molecular complexity index is 2870. The van der Waals surface area contributed by atoms with E-state index in [0.717, 1.165) is 72.3 Å². The van der Waals surface area contributed by atoms with E-state index in [0.29, 0.717) is 5.82 Å². The average Bonchev–Trinajstić information content (AvgIpc) is 3.77. The first-order chi connectivity index (χ1) is 24.8. The summed E-state index contributed by atoms with van der Waals surface area (Å²) in [5.74, 6) is 0.666. The highest BCUT2D eigenvalue weighted by atomic mass is 32.1. The van der Waals surface area contributed by atoms with E-state index in [9.17, 15) is 0 Å². The van der Waals surface area contributed by atoms with Gasteiger partial charge in [-0.3, -0.25) is 4.98 Å². The van der Waals surface area contributed by atoms with Gasteiger partial charge in [0, 0.05) is 76.7 Å². The zero-order chi connectivity index (χ0) is 33.0. The van der Waals surface area contributed by atoms with Crippen molar-refractivity contribution in [2.24, 2.45) is 0 Å². The summed E-state index contributed by atoms with van der Waals surface area (Å²) in [6.07, 6.45) is 3.70. The van der Waals surface area contributed by atoms with Gasteiger partial charge < -0.3 is 4.42 Å². The predicted octanol–water partition coefficient (Wildman–Crippen LogP) is 12.5. The predicted molar refractivity (Wildman–Crippen MR) is 207 cm³/mol. The van der Waals surface area contributed by atoms with Crippen LogP contribution < -0.4 is 0 Å². The third-order valence-corrected chi connectivity index (χ3v) is 10.7. The van der Waals surface area contributed by atoms with E-state index in [2.05, 4.69) is 120 Å². The van der Waals surface area contributed by atoms with Crippen molar-refractivity contribution < 1.29 is 4.42 Å². The quantitative estimate of drug-likeness (QED) is 0.185. The van der Waals surface area contributed by atoms with Crippen LogP contribution in [0.4, 0.5) is 0 Å². The van der Waals surface area contributed by atoms with Crippen LogP contribution in [0.1, 0.15) is 0 Å². The highest BCUT2D eigenvalue weighted by Gasteiger charge is 2.22. The van der Waals surface area contributed by atoms with Crippen molar-refractivity contribution in [3.8, 4) is 56.2 Å². The first-order valence-corrected chi connectivity index (χ1v) is 17.4. The Morgan fingerprint density at radius 1 is 0.480 bits per heavy atom. The molecule has 10 rings (SSSR count). The smallest absolute Gasteiger partial charge is 0.160 e. The molecule has 50 heavy (non-hydrogen) atoms. The van der Waals surface area contributed by atoms with Gasteiger partial charge in [0.15, 0.2) is 5.82 Å². The lowest BCUT2D eigenvalue weighted by Gasteiger charge is -2.14. The lowest BCUT2D eigenvalue weighted by molar-refractivity contribution is 0.670. The fourth-order valence-electron chi connectivity index (χ4n) is 7.13. The molecule has 0 N–H and O–H groups in total. The van der Waals surface area contributed by atoms with Crippen LogP contribution in [0.15, 0.2) is 168 Å². The Morgan fingerprint density at radius 2 is 1.16 bits per heavy atom. The maximum absolute atomic E-state index is 6.78. The molecule has 0 amide bonds. The van der Waals surface area contributed by atoms with Gasteiger partial charge in [-0.1, -0.05) is 121 Å². The third kappa shape index (κ3) is 4.63. The molecule has 0 saturated heterocycles. The molecule has 6 aromatic carbocycles. The topological polar surface area (TPSA) is 51.8 Å². The van der Waals surface area contributed by atoms with Gasteiger partial charge in [-0.25, -0.2) is 9.97 Å². The second-order valence-electron chi connectivity index (χ2n) is 12.4. The number of fused-ring (bicyclic) bond motifs is 6. The largest absolute Gasteiger partial charge is 0.455 e. The minimum atomic E-state index is 0.666. The van der Waals surface area contributed by atoms with Crippen LogP contribution in [0, 0.1) is 0 Å². The van der Waals surface area contributed by atoms with Crippen molar-refractivity contribution in [1.82, 2.24) is 15.0 Å². The summed E-state index contributed by atoms with van der Waals surface area (Å²) in [6, 6.07) is 52.7. The number of rotatable bonds is 5. The molecule has 0 fully saturated rings. The van der Waals surface area contributed by atoms with Gasteiger partial charge in [-0.2, -0.15) is 0 Å². The van der Waals surface area contributed by atoms with E-state index in [1.165, 1.54) is 20.2 Å². The van der Waals surface area contributed by atoms with Gasteiger partial charge in [0.25, 0.3) is 0 Å². The van der Waals surface area contributed by atoms with Crippen molar-refractivity contribution >= 4 is 53.4 Å². The van der Waals surface area contributed by atoms with E-state index < -0.39 is 0 Å². The highest BCUT2D eigenvalue weighted by Crippen LogP contribution is 2.46. The van der Waals surface area contributed by atoms with Crippen molar-refractivity contribution in [2.75, 3.05) is 0 Å². The van der Waals surface area contributed by atoms with Crippen molar-refractivity contribution in [3.63, 3.8) is 0 Å². The van der Waals surface area contributed by atoms with Crippen LogP contribution in [-0.4, -0.2) is 15.0 Å². The number of aromatic nitrogens is 3. The minimum absolute atomic E-state index is 0.666. The molecule has 4 heterocycles. The molecule has 5 heteroatoms. The van der Waals surface area contributed by atoms with Crippen LogP contribution in [-0.2, 0) is 0 Å². The molecule has 0 saturated carbocycles. The number of hydrogen-bond donors (Lipinski definition) is 0. The van der Waals surface area contributed by atoms with Crippen LogP contribution in [0.25, 0.3) is 98.3 Å². The molecular formula is C45H27N3OS. The Morgan fingerprint density at radius 3 is 2.02 bits per heavy atom. The standard InChI is InChI=1S/C45H27N3OS/c1-2-12-28(13-3-1)45-47-38(31-16-5-4-15-30(31)29-14-11-25-46-27-29)26-39(48-45)36-24-23-33(43-42(36)37-18-6-8-21-40(37)49-43)35-20-10-19-34-32-17-7-9-22-41(32)50-44(34)35/h1-27H. The summed E-state index contributed by atoms with van der Waals surface area (Å²) < 4.78 is 9.32. The zero-order valence-corrected chi connectivity index (χ0v) is 27.6. The molecule has 0 spiro atoms. The average molecular weight is 658 g/mol. The molecule has 0 bridgehead atoms. The maximum Gasteiger partial charge on any atom is 0.160 e. The fraction of sp³-hybridized carbons (Fsp3) is 0. The van der Waals surface area contributed by atoms with Gasteiger partial charge in [0.1, 0.15) is 11.2 Å². The lowest BCUT2D eigenvalue weighted by atomic mass is 9.94. The van der Waals surface area contributed by atoms with Crippen molar-refractivity contribution in [2.45, 2.75) is 0 Å². The van der Waals surface area contributed by atoms with Crippen LogP contribution in [0.5, 0.6) is 0 Å². The summed E-state index contributed by atoms with van der Waals surface area (Å²) >= 11 is 1.83. The molecule has 0 unspecified atom stereocenters. The van der Waals surface area contributed by atoms with Crippen LogP contribution >= 0.6 is 11.3 Å². The number of para-hydroxylation sites is 1. The fourth-order valence-corrected chi connectivity index (χ4v) is 8.36. The molecular weight excluding hydrogens is 631 g/mol. The van der Waals surface area contributed by atoms with Crippen LogP contribution in [0.3, 0.4) is 0 Å². The van der Waals surface area contributed by atoms with E-state index in [4.69, 9.17) is 14.4 Å². The Hall–Kier alpha value is -6.43. The Labute approximate surface area is 292 Å². The number of furan rings is 1. The van der Waals surface area contributed by atoms with Crippen LogP contribution in [0.2, 0.25) is 0 Å². The Balaban J connectivity index is 1.25. The van der Waals surface area contributed by atoms with E-state index in [1.807, 2.05) is 53.9 Å². The number of pyridine rings is 1. The molecule has 0 radical (unpaired) electrons. The Kier molecular flexibility index (Phi) is 6.64. The molecule has 4 nitrogen and oxygen atoms in total. The lowest BCUT2D eigenvalue weighted by Crippen LogP contribution is -1.97. The highest BCUT2D eigenvalue weighted by molar-refractivity contribution is 7.26. The molecule has 4 aromatic heterocycles. The number of thiophene rings is 1. The maximum atomic E-state index is 6.78. The normalized spacial score (nSPS) is 11.6. The SMILES string of the molecule is c1ccc(-c2nc(-c3ccccc3-c3cccnc3)cc(-c3ccc(-c4cccc5c4sc4ccccc45)c4oc5ccccc5c34)n2)cc1. The summed E-state index contributed by atoms with van der Waals surface area (Å²) in [7, 11) is 0. The number of hydrogen-bond acceptors (Lipinski definition) is 5. The molecule has 0 aliphatic heterocycles. The van der Waals surface area contributed by atoms with E-state index in [-0.39, 0.29) is 0 Å². The summed E-state index contributed by atoms with van der Waals surface area (Å²) in [5, 5.41) is 4.64. The van der Waals surface area contributed by atoms with Gasteiger partial charge >= 0.3 is 0 Å². The van der Waals surface area contributed by atoms with Crippen molar-refractivity contribution in [1.29, 1.82) is 0 Å². The van der Waals surface area contributed by atoms with Gasteiger partial charge in [-0.15, -0.1) is 11.3 Å². The number of nitrogens with zero attached hydrogens (tertiary/aromatic N) is 3. The molecule has 0 aliphatic carbocycles. The summed E-state index contributed by atoms with van der Waals surface area (Å²) in [5.41, 5.74) is 10.7. The third-order valence-electron chi connectivity index (χ3n) is 9.43. The first kappa shape index (κ1) is 28.6. The zero-order valence-electron chi connectivity index (χ0n) is 26.7. The monoisotopic (exact) mass is 657 g/mol. The summed E-state index contributed by atoms with van der Waals surface area (Å²) in [6.45, 7) is 0. The van der Waals surface area contributed by atoms with Gasteiger partial charge in [-0.05, 0) is 35.9 Å². The molecule has 10 aromatic rings. The molecule has 234 valence electrons. The molecule has 0 aliphatic rings. The van der Waals surface area contributed by atoms with Gasteiger partial charge in [0.2, 0.25) is 0 Å². The van der Waals surface area contributed by atoms with E-state index >= 15 is 0 Å². The number of benzene rings is 6. The summed E-state index contributed by atoms with van der Waals surface area (Å²) in [4.78, 5) is 14.8. The second kappa shape index (κ2) is 11.6. The minimum Gasteiger partial charge on any atom is -0.455 e. The van der Waals surface area contributed by atoms with Crippen molar-refractivity contribution in [3.05, 3.63) is 164 Å². The second-order valence-corrected chi connectivity index (χ2v) is 13.4. The molecule has 0 atom stereocenters. The van der Waals surface area contributed by atoms with E-state index in [1.54, 1.807) is 6.20 Å². The first-order valence-electron chi connectivity index (χ1n) is 16.6. The van der Waals surface area contributed by atoms with Gasteiger partial charge in [0.05, 0.1) is 11.4 Å².